The summed E-state index contributed by atoms with van der Waals surface area (Å²) >= 11 is 18.0. The number of rotatable bonds is 4. The number of carbonyl (C=O) groups excluding carboxylic acids is 1. The van der Waals surface area contributed by atoms with E-state index in [1.165, 1.54) is 0 Å². The molecule has 0 heterocycles. The molecule has 0 radical (unpaired) electrons. The van der Waals surface area contributed by atoms with Gasteiger partial charge < -0.3 is 10.6 Å². The minimum atomic E-state index is -1.71. The van der Waals surface area contributed by atoms with Crippen molar-refractivity contribution in [1.82, 2.24) is 5.32 Å². The maximum absolute atomic E-state index is 12.4. The average molecular weight is 372 g/mol. The van der Waals surface area contributed by atoms with Crippen molar-refractivity contribution >= 4 is 46.4 Å². The van der Waals surface area contributed by atoms with E-state index < -0.39 is 9.96 Å². The summed E-state index contributed by atoms with van der Waals surface area (Å²) in [6, 6.07) is 14.8. The molecule has 0 bridgehead atoms. The van der Waals surface area contributed by atoms with Crippen LogP contribution >= 0.6 is 34.8 Å². The molecule has 23 heavy (non-hydrogen) atoms. The highest BCUT2D eigenvalue weighted by atomic mass is 35.6. The predicted molar refractivity (Wildman–Crippen MR) is 97.5 cm³/mol. The van der Waals surface area contributed by atoms with E-state index in [-0.39, 0.29) is 5.91 Å². The Morgan fingerprint density at radius 2 is 1.61 bits per heavy atom. The first-order valence-corrected chi connectivity index (χ1v) is 8.17. The number of hydrogen-bond donors (Lipinski definition) is 2. The van der Waals surface area contributed by atoms with Gasteiger partial charge in [-0.3, -0.25) is 4.79 Å². The molecule has 3 nitrogen and oxygen atoms in total. The lowest BCUT2D eigenvalue weighted by Crippen LogP contribution is -2.49. The van der Waals surface area contributed by atoms with Crippen molar-refractivity contribution in [2.24, 2.45) is 0 Å². The van der Waals surface area contributed by atoms with Gasteiger partial charge in [-0.1, -0.05) is 70.7 Å². The van der Waals surface area contributed by atoms with E-state index >= 15 is 0 Å². The number of benzene rings is 2. The van der Waals surface area contributed by atoms with Crippen molar-refractivity contribution in [3.8, 4) is 0 Å². The second kappa shape index (κ2) is 7.43. The molecule has 6 heteroatoms. The third-order valence-electron chi connectivity index (χ3n) is 3.36. The molecule has 0 fully saturated rings. The standard InChI is InChI=1S/C17H17Cl3N2O/c1-11-7-9-13(10-8-11)21-16(17(18,19)20)22-15(23)14-6-4-3-5-12(14)2/h3-10,16,21H,1-2H3,(H,22,23)/t16-/m1/s1. The van der Waals surface area contributed by atoms with Gasteiger partial charge in [0.1, 0.15) is 6.17 Å². The molecule has 2 aromatic rings. The van der Waals surface area contributed by atoms with Crippen LogP contribution in [0.4, 0.5) is 5.69 Å². The number of aryl methyl sites for hydroxylation is 2. The summed E-state index contributed by atoms with van der Waals surface area (Å²) in [5.74, 6) is -0.306. The molecule has 0 aliphatic heterocycles. The van der Waals surface area contributed by atoms with Gasteiger partial charge in [0.15, 0.2) is 0 Å². The maximum Gasteiger partial charge on any atom is 0.253 e. The first-order valence-electron chi connectivity index (χ1n) is 7.04. The largest absolute Gasteiger partial charge is 0.362 e. The van der Waals surface area contributed by atoms with E-state index in [9.17, 15) is 4.79 Å². The van der Waals surface area contributed by atoms with Crippen LogP contribution in [0.25, 0.3) is 0 Å². The second-order valence-electron chi connectivity index (χ2n) is 5.27. The average Bonchev–Trinajstić information content (AvgIpc) is 2.48. The van der Waals surface area contributed by atoms with Gasteiger partial charge >= 0.3 is 0 Å². The van der Waals surface area contributed by atoms with Gasteiger partial charge in [0.2, 0.25) is 3.79 Å². The summed E-state index contributed by atoms with van der Waals surface area (Å²) < 4.78 is -1.71. The van der Waals surface area contributed by atoms with Gasteiger partial charge in [-0.25, -0.2) is 0 Å². The molecule has 2 rings (SSSR count). The van der Waals surface area contributed by atoms with Crippen LogP contribution in [0.2, 0.25) is 0 Å². The zero-order valence-corrected chi connectivity index (χ0v) is 15.0. The lowest BCUT2D eigenvalue weighted by molar-refractivity contribution is 0.0941. The Hall–Kier alpha value is -1.42. The fraction of sp³-hybridized carbons (Fsp3) is 0.235. The molecule has 1 atom stereocenters. The van der Waals surface area contributed by atoms with Crippen molar-refractivity contribution in [1.29, 1.82) is 0 Å². The van der Waals surface area contributed by atoms with Gasteiger partial charge in [0.25, 0.3) is 5.91 Å². The summed E-state index contributed by atoms with van der Waals surface area (Å²) in [6.45, 7) is 3.84. The summed E-state index contributed by atoms with van der Waals surface area (Å²) in [4.78, 5) is 12.4. The fourth-order valence-electron chi connectivity index (χ4n) is 2.05. The highest BCUT2D eigenvalue weighted by Crippen LogP contribution is 2.31. The molecule has 0 unspecified atom stereocenters. The molecular weight excluding hydrogens is 355 g/mol. The van der Waals surface area contributed by atoms with Crippen LogP contribution < -0.4 is 10.6 Å². The Balaban J connectivity index is 2.18. The summed E-state index contributed by atoms with van der Waals surface area (Å²) in [5, 5.41) is 5.77. The summed E-state index contributed by atoms with van der Waals surface area (Å²) in [7, 11) is 0. The molecule has 0 aromatic heterocycles. The number of carbonyl (C=O) groups is 1. The van der Waals surface area contributed by atoms with E-state index in [1.807, 2.05) is 50.2 Å². The van der Waals surface area contributed by atoms with Gasteiger partial charge in [-0.2, -0.15) is 0 Å². The highest BCUT2D eigenvalue weighted by molar-refractivity contribution is 6.68. The molecule has 0 saturated carbocycles. The Kier molecular flexibility index (Phi) is 5.79. The Bertz CT molecular complexity index is 681. The molecule has 122 valence electrons. The Morgan fingerprint density at radius 3 is 2.17 bits per heavy atom. The predicted octanol–water partition coefficient (Wildman–Crippen LogP) is 4.84. The Morgan fingerprint density at radius 1 is 1.00 bits per heavy atom. The lowest BCUT2D eigenvalue weighted by Gasteiger charge is -2.27. The number of anilines is 1. The van der Waals surface area contributed by atoms with Crippen molar-refractivity contribution < 1.29 is 4.79 Å². The SMILES string of the molecule is Cc1ccc(N[C@H](NC(=O)c2ccccc2C)C(Cl)(Cl)Cl)cc1. The van der Waals surface area contributed by atoms with E-state index in [0.717, 1.165) is 16.8 Å². The van der Waals surface area contributed by atoms with Crippen LogP contribution in [-0.4, -0.2) is 15.9 Å². The monoisotopic (exact) mass is 370 g/mol. The van der Waals surface area contributed by atoms with E-state index in [4.69, 9.17) is 34.8 Å². The topological polar surface area (TPSA) is 41.1 Å². The minimum absolute atomic E-state index is 0.306. The number of amides is 1. The van der Waals surface area contributed by atoms with E-state index in [0.29, 0.717) is 5.56 Å². The lowest BCUT2D eigenvalue weighted by atomic mass is 10.1. The van der Waals surface area contributed by atoms with Crippen molar-refractivity contribution in [2.45, 2.75) is 23.8 Å². The van der Waals surface area contributed by atoms with Crippen LogP contribution in [0.5, 0.6) is 0 Å². The number of nitrogens with one attached hydrogen (secondary N) is 2. The smallest absolute Gasteiger partial charge is 0.253 e. The molecular formula is C17H17Cl3N2O. The fourth-order valence-corrected chi connectivity index (χ4v) is 2.38. The molecule has 2 N–H and O–H groups in total. The third kappa shape index (κ3) is 5.03. The number of halogens is 3. The van der Waals surface area contributed by atoms with E-state index in [1.54, 1.807) is 12.1 Å². The highest BCUT2D eigenvalue weighted by Gasteiger charge is 2.34. The summed E-state index contributed by atoms with van der Waals surface area (Å²) in [6.07, 6.45) is -0.873. The Labute approximate surface area is 150 Å². The minimum Gasteiger partial charge on any atom is -0.362 e. The molecule has 2 aromatic carbocycles. The van der Waals surface area contributed by atoms with Gasteiger partial charge in [0.05, 0.1) is 0 Å². The molecule has 1 amide bonds. The van der Waals surface area contributed by atoms with Gasteiger partial charge in [0, 0.05) is 11.3 Å². The number of hydrogen-bond acceptors (Lipinski definition) is 2. The van der Waals surface area contributed by atoms with E-state index in [2.05, 4.69) is 10.6 Å². The summed E-state index contributed by atoms with van der Waals surface area (Å²) in [5.41, 5.74) is 3.25. The first kappa shape index (κ1) is 17.9. The first-order chi connectivity index (χ1) is 10.8. The van der Waals surface area contributed by atoms with Gasteiger partial charge in [-0.05, 0) is 37.6 Å². The quantitative estimate of drug-likeness (QED) is 0.596. The zero-order valence-electron chi connectivity index (χ0n) is 12.7. The van der Waals surface area contributed by atoms with Crippen molar-refractivity contribution in [3.05, 3.63) is 65.2 Å². The van der Waals surface area contributed by atoms with Crippen LogP contribution in [-0.2, 0) is 0 Å². The van der Waals surface area contributed by atoms with Crippen LogP contribution in [0.15, 0.2) is 48.5 Å². The molecule has 0 aliphatic carbocycles. The number of alkyl halides is 3. The second-order valence-corrected chi connectivity index (χ2v) is 7.64. The van der Waals surface area contributed by atoms with Crippen molar-refractivity contribution in [2.75, 3.05) is 5.32 Å². The zero-order chi connectivity index (χ0) is 17.0. The normalized spacial score (nSPS) is 12.6. The van der Waals surface area contributed by atoms with Crippen LogP contribution in [0.3, 0.4) is 0 Å². The molecule has 0 aliphatic rings. The third-order valence-corrected chi connectivity index (χ3v) is 4.01. The maximum atomic E-state index is 12.4. The van der Waals surface area contributed by atoms with Gasteiger partial charge in [-0.15, -0.1) is 0 Å². The van der Waals surface area contributed by atoms with Crippen LogP contribution in [0, 0.1) is 13.8 Å². The molecule has 0 spiro atoms. The van der Waals surface area contributed by atoms with Crippen molar-refractivity contribution in [3.63, 3.8) is 0 Å². The van der Waals surface area contributed by atoms with Crippen LogP contribution in [0.1, 0.15) is 21.5 Å². The molecule has 0 saturated heterocycles.